The van der Waals surface area contributed by atoms with Crippen molar-refractivity contribution in [1.29, 1.82) is 0 Å². The SMILES string of the molecule is CCOC(=O)N1CCC(NC(N)=NCC(=O)Nc2ccccc2)CC1.I. The van der Waals surface area contributed by atoms with Crippen LogP contribution in [0.4, 0.5) is 10.5 Å². The quantitative estimate of drug-likeness (QED) is 0.342. The number of para-hydroxylation sites is 1. The first kappa shape index (κ1) is 22.0. The maximum absolute atomic E-state index is 11.8. The molecule has 1 heterocycles. The van der Waals surface area contributed by atoms with Crippen LogP contribution < -0.4 is 16.4 Å². The zero-order valence-corrected chi connectivity index (χ0v) is 17.1. The number of nitrogens with one attached hydrogen (secondary N) is 2. The van der Waals surface area contributed by atoms with E-state index in [1.807, 2.05) is 18.2 Å². The van der Waals surface area contributed by atoms with Gasteiger partial charge in [-0.3, -0.25) is 4.79 Å². The van der Waals surface area contributed by atoms with Crippen molar-refractivity contribution in [2.75, 3.05) is 31.6 Å². The Morgan fingerprint density at radius 3 is 2.54 bits per heavy atom. The van der Waals surface area contributed by atoms with E-state index in [-0.39, 0.29) is 54.5 Å². The zero-order chi connectivity index (χ0) is 18.1. The van der Waals surface area contributed by atoms with Gasteiger partial charge in [0.1, 0.15) is 6.54 Å². The zero-order valence-electron chi connectivity index (χ0n) is 14.8. The highest BCUT2D eigenvalue weighted by Crippen LogP contribution is 2.11. The number of hydrogen-bond acceptors (Lipinski definition) is 4. The molecule has 1 aromatic carbocycles. The molecule has 1 fully saturated rings. The Balaban J connectivity index is 0.00000338. The van der Waals surface area contributed by atoms with Crippen molar-refractivity contribution in [1.82, 2.24) is 10.2 Å². The van der Waals surface area contributed by atoms with Crippen LogP contribution in [0.3, 0.4) is 0 Å². The van der Waals surface area contributed by atoms with Crippen LogP contribution in [-0.2, 0) is 9.53 Å². The minimum absolute atomic E-state index is 0. The topological polar surface area (TPSA) is 109 Å². The molecule has 0 unspecified atom stereocenters. The summed E-state index contributed by atoms with van der Waals surface area (Å²) in [7, 11) is 0. The van der Waals surface area contributed by atoms with Crippen molar-refractivity contribution < 1.29 is 14.3 Å². The van der Waals surface area contributed by atoms with Crippen LogP contribution in [0.2, 0.25) is 0 Å². The van der Waals surface area contributed by atoms with Crippen LogP contribution in [0.5, 0.6) is 0 Å². The number of nitrogens with zero attached hydrogens (tertiary/aromatic N) is 2. The van der Waals surface area contributed by atoms with Gasteiger partial charge in [0.2, 0.25) is 5.91 Å². The smallest absolute Gasteiger partial charge is 0.409 e. The number of carbonyl (C=O) groups is 2. The molecule has 2 rings (SSSR count). The van der Waals surface area contributed by atoms with Gasteiger partial charge in [0.15, 0.2) is 5.96 Å². The monoisotopic (exact) mass is 475 g/mol. The molecule has 8 nitrogen and oxygen atoms in total. The Bertz CT molecular complexity index is 604. The summed E-state index contributed by atoms with van der Waals surface area (Å²) in [6, 6.07) is 9.31. The first-order chi connectivity index (χ1) is 12.1. The van der Waals surface area contributed by atoms with Gasteiger partial charge in [0.05, 0.1) is 6.61 Å². The molecule has 1 saturated heterocycles. The number of aliphatic imine (C=N–C) groups is 1. The standard InChI is InChI=1S/C17H25N5O3.HI/c1-2-25-17(24)22-10-8-14(9-11-22)21-16(18)19-12-15(23)20-13-6-4-3-5-7-13;/h3-7,14H,2,8-12H2,1H3,(H,20,23)(H3,18,19,21);1H. The summed E-state index contributed by atoms with van der Waals surface area (Å²) in [4.78, 5) is 29.2. The summed E-state index contributed by atoms with van der Waals surface area (Å²) >= 11 is 0. The number of carbonyl (C=O) groups excluding carboxylic acids is 2. The number of ether oxygens (including phenoxy) is 1. The van der Waals surface area contributed by atoms with Crippen molar-refractivity contribution in [3.63, 3.8) is 0 Å². The predicted molar refractivity (Wildman–Crippen MR) is 112 cm³/mol. The minimum atomic E-state index is -0.278. The Morgan fingerprint density at radius 2 is 1.92 bits per heavy atom. The van der Waals surface area contributed by atoms with E-state index in [9.17, 15) is 9.59 Å². The van der Waals surface area contributed by atoms with Crippen molar-refractivity contribution in [3.05, 3.63) is 30.3 Å². The van der Waals surface area contributed by atoms with E-state index in [4.69, 9.17) is 10.5 Å². The predicted octanol–water partition coefficient (Wildman–Crippen LogP) is 1.77. The Labute approximate surface area is 170 Å². The van der Waals surface area contributed by atoms with Crippen LogP contribution >= 0.6 is 24.0 Å². The van der Waals surface area contributed by atoms with Gasteiger partial charge in [0.25, 0.3) is 0 Å². The Kier molecular flexibility index (Phi) is 9.78. The second-order valence-corrected chi connectivity index (χ2v) is 5.72. The molecule has 144 valence electrons. The molecule has 0 atom stereocenters. The summed E-state index contributed by atoms with van der Waals surface area (Å²) in [6.45, 7) is 3.34. The highest BCUT2D eigenvalue weighted by atomic mass is 127. The summed E-state index contributed by atoms with van der Waals surface area (Å²) in [6.07, 6.45) is 1.23. The van der Waals surface area contributed by atoms with Gasteiger partial charge >= 0.3 is 6.09 Å². The molecule has 1 aliphatic rings. The fraction of sp³-hybridized carbons (Fsp3) is 0.471. The van der Waals surface area contributed by atoms with E-state index in [1.165, 1.54) is 0 Å². The average molecular weight is 475 g/mol. The van der Waals surface area contributed by atoms with Crippen molar-refractivity contribution in [2.24, 2.45) is 10.7 Å². The van der Waals surface area contributed by atoms with Gasteiger partial charge in [-0.15, -0.1) is 24.0 Å². The van der Waals surface area contributed by atoms with Gasteiger partial charge < -0.3 is 26.0 Å². The lowest BCUT2D eigenvalue weighted by molar-refractivity contribution is -0.114. The lowest BCUT2D eigenvalue weighted by Gasteiger charge is -2.31. The summed E-state index contributed by atoms with van der Waals surface area (Å²) in [5, 5.41) is 5.84. The van der Waals surface area contributed by atoms with Crippen molar-refractivity contribution in [2.45, 2.75) is 25.8 Å². The fourth-order valence-electron chi connectivity index (χ4n) is 2.55. The molecule has 1 aromatic rings. The van der Waals surface area contributed by atoms with E-state index in [0.717, 1.165) is 18.5 Å². The van der Waals surface area contributed by atoms with Crippen molar-refractivity contribution >= 4 is 47.6 Å². The van der Waals surface area contributed by atoms with E-state index >= 15 is 0 Å². The molecule has 0 radical (unpaired) electrons. The fourth-order valence-corrected chi connectivity index (χ4v) is 2.55. The average Bonchev–Trinajstić information content (AvgIpc) is 2.62. The van der Waals surface area contributed by atoms with Crippen LogP contribution in [-0.4, -0.2) is 55.1 Å². The number of anilines is 1. The number of amides is 2. The maximum Gasteiger partial charge on any atom is 0.409 e. The number of rotatable bonds is 5. The van der Waals surface area contributed by atoms with Crippen LogP contribution in [0.25, 0.3) is 0 Å². The summed E-state index contributed by atoms with van der Waals surface area (Å²) < 4.78 is 4.99. The second-order valence-electron chi connectivity index (χ2n) is 5.72. The second kappa shape index (κ2) is 11.6. The highest BCUT2D eigenvalue weighted by molar-refractivity contribution is 14.0. The van der Waals surface area contributed by atoms with E-state index < -0.39 is 0 Å². The third-order valence-electron chi connectivity index (χ3n) is 3.82. The largest absolute Gasteiger partial charge is 0.450 e. The molecule has 2 amide bonds. The molecule has 26 heavy (non-hydrogen) atoms. The van der Waals surface area contributed by atoms with Crippen LogP contribution in [0, 0.1) is 0 Å². The van der Waals surface area contributed by atoms with Crippen LogP contribution in [0.1, 0.15) is 19.8 Å². The third-order valence-corrected chi connectivity index (χ3v) is 3.82. The lowest BCUT2D eigenvalue weighted by Crippen LogP contribution is -2.48. The van der Waals surface area contributed by atoms with Gasteiger partial charge in [-0.05, 0) is 31.9 Å². The molecular formula is C17H26IN5O3. The van der Waals surface area contributed by atoms with Gasteiger partial charge in [0, 0.05) is 24.8 Å². The van der Waals surface area contributed by atoms with Gasteiger partial charge in [-0.25, -0.2) is 9.79 Å². The first-order valence-corrected chi connectivity index (χ1v) is 8.41. The number of benzene rings is 1. The number of guanidine groups is 1. The molecule has 0 spiro atoms. The Morgan fingerprint density at radius 1 is 1.27 bits per heavy atom. The molecule has 0 aliphatic carbocycles. The maximum atomic E-state index is 11.8. The molecule has 4 N–H and O–H groups in total. The summed E-state index contributed by atoms with van der Waals surface area (Å²) in [5.41, 5.74) is 6.56. The molecule has 0 bridgehead atoms. The minimum Gasteiger partial charge on any atom is -0.450 e. The molecular weight excluding hydrogens is 449 g/mol. The number of likely N-dealkylation sites (tertiary alicyclic amines) is 1. The van der Waals surface area contributed by atoms with Crippen molar-refractivity contribution in [3.8, 4) is 0 Å². The van der Waals surface area contributed by atoms with Gasteiger partial charge in [-0.1, -0.05) is 18.2 Å². The number of halogens is 1. The molecule has 0 saturated carbocycles. The molecule has 0 aromatic heterocycles. The Hall–Kier alpha value is -2.04. The van der Waals surface area contributed by atoms with E-state index in [1.54, 1.807) is 24.0 Å². The number of hydrogen-bond donors (Lipinski definition) is 3. The normalized spacial score (nSPS) is 15.0. The number of piperidine rings is 1. The molecule has 1 aliphatic heterocycles. The molecule has 9 heteroatoms. The van der Waals surface area contributed by atoms with E-state index in [0.29, 0.717) is 19.7 Å². The number of nitrogens with two attached hydrogens (primary N) is 1. The highest BCUT2D eigenvalue weighted by Gasteiger charge is 2.23. The van der Waals surface area contributed by atoms with Gasteiger partial charge in [-0.2, -0.15) is 0 Å². The van der Waals surface area contributed by atoms with E-state index in [2.05, 4.69) is 15.6 Å². The lowest BCUT2D eigenvalue weighted by atomic mass is 10.1. The first-order valence-electron chi connectivity index (χ1n) is 8.41. The van der Waals surface area contributed by atoms with Crippen LogP contribution in [0.15, 0.2) is 35.3 Å². The third kappa shape index (κ3) is 7.46. The summed E-state index contributed by atoms with van der Waals surface area (Å²) in [5.74, 6) is 0.00544.